The van der Waals surface area contributed by atoms with E-state index in [-0.39, 0.29) is 11.6 Å². The fourth-order valence-electron chi connectivity index (χ4n) is 1.76. The molecule has 0 bridgehead atoms. The molecule has 0 saturated carbocycles. The fraction of sp³-hybridized carbons (Fsp3) is 0.100. The molecule has 0 amide bonds. The van der Waals surface area contributed by atoms with E-state index < -0.39 is 0 Å². The molecule has 2 aliphatic rings. The summed E-state index contributed by atoms with van der Waals surface area (Å²) in [6, 6.07) is 3.37. The Morgan fingerprint density at radius 1 is 1.60 bits per heavy atom. The highest BCUT2D eigenvalue weighted by Crippen LogP contribution is 2.45. The first-order valence-corrected chi connectivity index (χ1v) is 5.21. The van der Waals surface area contributed by atoms with Gasteiger partial charge >= 0.3 is 0 Å². The van der Waals surface area contributed by atoms with E-state index in [2.05, 4.69) is 4.98 Å². The Balaban J connectivity index is 2.32. The highest BCUT2D eigenvalue weighted by atomic mass is 32.2. The van der Waals surface area contributed by atoms with Gasteiger partial charge in [0.2, 0.25) is 0 Å². The van der Waals surface area contributed by atoms with E-state index in [4.69, 9.17) is 5.26 Å². The van der Waals surface area contributed by atoms with Gasteiger partial charge in [-0.05, 0) is 0 Å². The lowest BCUT2D eigenvalue weighted by atomic mass is 10.3. The molecule has 1 unspecified atom stereocenters. The summed E-state index contributed by atoms with van der Waals surface area (Å²) in [5.74, 6) is 0. The molecule has 1 aliphatic heterocycles. The van der Waals surface area contributed by atoms with E-state index >= 15 is 0 Å². The van der Waals surface area contributed by atoms with Crippen molar-refractivity contribution >= 4 is 11.8 Å². The van der Waals surface area contributed by atoms with E-state index in [1.807, 2.05) is 24.3 Å². The Morgan fingerprint density at radius 3 is 3.27 bits per heavy atom. The third-order valence-electron chi connectivity index (χ3n) is 2.38. The third kappa shape index (κ3) is 1.09. The van der Waals surface area contributed by atoms with Crippen LogP contribution in [0.5, 0.6) is 0 Å². The van der Waals surface area contributed by atoms with Gasteiger partial charge in [-0.25, -0.2) is 0 Å². The largest absolute Gasteiger partial charge is 0.300 e. The normalized spacial score (nSPS) is 20.7. The van der Waals surface area contributed by atoms with Crippen molar-refractivity contribution in [3.05, 3.63) is 45.2 Å². The zero-order valence-corrected chi connectivity index (χ0v) is 8.36. The van der Waals surface area contributed by atoms with Crippen LogP contribution in [0.3, 0.4) is 0 Å². The number of hydrogen-bond acceptors (Lipinski definition) is 4. The maximum atomic E-state index is 11.2. The molecule has 2 heterocycles. The number of rotatable bonds is 0. The van der Waals surface area contributed by atoms with Crippen LogP contribution in [0.25, 0.3) is 0 Å². The molecule has 1 aromatic heterocycles. The number of allylic oxidation sites excluding steroid dienone is 4. The van der Waals surface area contributed by atoms with Gasteiger partial charge in [-0.2, -0.15) is 10.2 Å². The molecule has 1 atom stereocenters. The number of nitriles is 1. The van der Waals surface area contributed by atoms with Gasteiger partial charge in [0.15, 0.2) is 5.16 Å². The average Bonchev–Trinajstić information content (AvgIpc) is 2.75. The predicted molar refractivity (Wildman–Crippen MR) is 55.3 cm³/mol. The monoisotopic (exact) mass is 215 g/mol. The zero-order chi connectivity index (χ0) is 10.4. The molecule has 0 fully saturated rings. The molecule has 1 aliphatic carbocycles. The summed E-state index contributed by atoms with van der Waals surface area (Å²) in [6.07, 6.45) is 5.93. The van der Waals surface area contributed by atoms with Crippen LogP contribution in [0.1, 0.15) is 11.7 Å². The minimum atomic E-state index is -0.352. The number of hydrogen-bond donors (Lipinski definition) is 0. The standard InChI is InChI=1S/C10H5N3OS/c11-5-6-4-9(14)12-10-13(6)7-2-1-3-8(7)15-10/h1-4,7H. The molecular formula is C10H5N3OS. The fourth-order valence-corrected chi connectivity index (χ4v) is 2.87. The van der Waals surface area contributed by atoms with Crippen molar-refractivity contribution < 1.29 is 0 Å². The second-order valence-electron chi connectivity index (χ2n) is 3.24. The van der Waals surface area contributed by atoms with E-state index in [9.17, 15) is 4.79 Å². The van der Waals surface area contributed by atoms with Crippen molar-refractivity contribution in [2.24, 2.45) is 0 Å². The summed E-state index contributed by atoms with van der Waals surface area (Å²) in [7, 11) is 0. The summed E-state index contributed by atoms with van der Waals surface area (Å²) in [5.41, 5.74) is 0.0207. The van der Waals surface area contributed by atoms with Gasteiger partial charge in [0.05, 0.1) is 6.04 Å². The van der Waals surface area contributed by atoms with E-state index in [1.54, 1.807) is 4.57 Å². The minimum absolute atomic E-state index is 0.0627. The first-order valence-electron chi connectivity index (χ1n) is 4.39. The molecule has 5 heteroatoms. The highest BCUT2D eigenvalue weighted by molar-refractivity contribution is 8.03. The lowest BCUT2D eigenvalue weighted by Gasteiger charge is -2.09. The van der Waals surface area contributed by atoms with Gasteiger partial charge in [0.1, 0.15) is 11.8 Å². The maximum Gasteiger partial charge on any atom is 0.274 e. The third-order valence-corrected chi connectivity index (χ3v) is 3.46. The zero-order valence-electron chi connectivity index (χ0n) is 7.54. The number of nitrogens with zero attached hydrogens (tertiary/aromatic N) is 3. The summed E-state index contributed by atoms with van der Waals surface area (Å²) in [4.78, 5) is 16.2. The average molecular weight is 215 g/mol. The van der Waals surface area contributed by atoms with Crippen molar-refractivity contribution in [2.75, 3.05) is 0 Å². The van der Waals surface area contributed by atoms with Crippen molar-refractivity contribution in [1.82, 2.24) is 9.55 Å². The highest BCUT2D eigenvalue weighted by Gasteiger charge is 2.30. The summed E-state index contributed by atoms with van der Waals surface area (Å²) < 4.78 is 1.79. The van der Waals surface area contributed by atoms with Crippen molar-refractivity contribution in [2.45, 2.75) is 11.2 Å². The molecule has 3 rings (SSSR count). The molecule has 0 N–H and O–H groups in total. The molecule has 0 radical (unpaired) electrons. The Hall–Kier alpha value is -1.80. The molecule has 0 saturated heterocycles. The SMILES string of the molecule is N#Cc1cc(=O)nc2n1C1C=CC=C1S2. The Bertz CT molecular complexity index is 606. The second-order valence-corrected chi connectivity index (χ2v) is 4.29. The van der Waals surface area contributed by atoms with Crippen LogP contribution in [0, 0.1) is 11.3 Å². The Labute approximate surface area is 89.6 Å². The second kappa shape index (κ2) is 2.84. The van der Waals surface area contributed by atoms with Crippen LogP contribution in [0.4, 0.5) is 0 Å². The number of thioether (sulfide) groups is 1. The Morgan fingerprint density at radius 2 is 2.47 bits per heavy atom. The summed E-state index contributed by atoms with van der Waals surface area (Å²) in [5, 5.41) is 9.57. The van der Waals surface area contributed by atoms with E-state index in [0.717, 1.165) is 4.91 Å². The quantitative estimate of drug-likeness (QED) is 0.610. The van der Waals surface area contributed by atoms with Crippen molar-refractivity contribution in [1.29, 1.82) is 5.26 Å². The van der Waals surface area contributed by atoms with Crippen molar-refractivity contribution in [3.8, 4) is 6.07 Å². The number of aromatic nitrogens is 2. The minimum Gasteiger partial charge on any atom is -0.300 e. The number of fused-ring (bicyclic) bond motifs is 3. The summed E-state index contributed by atoms with van der Waals surface area (Å²) in [6.45, 7) is 0. The van der Waals surface area contributed by atoms with Crippen LogP contribution in [0.2, 0.25) is 0 Å². The lowest BCUT2D eigenvalue weighted by molar-refractivity contribution is 0.624. The van der Waals surface area contributed by atoms with Crippen molar-refractivity contribution in [3.63, 3.8) is 0 Å². The molecule has 0 spiro atoms. The van der Waals surface area contributed by atoms with Crippen LogP contribution in [-0.2, 0) is 0 Å². The van der Waals surface area contributed by atoms with Gasteiger partial charge in [-0.1, -0.05) is 30.0 Å². The predicted octanol–water partition coefficient (Wildman–Crippen LogP) is 1.22. The first kappa shape index (κ1) is 8.50. The first-order chi connectivity index (χ1) is 7.29. The van der Waals surface area contributed by atoms with Gasteiger partial charge in [-0.15, -0.1) is 0 Å². The molecule has 72 valence electrons. The molecule has 4 nitrogen and oxygen atoms in total. The van der Waals surface area contributed by atoms with Gasteiger partial charge in [-0.3, -0.25) is 9.36 Å². The molecule has 15 heavy (non-hydrogen) atoms. The van der Waals surface area contributed by atoms with E-state index in [0.29, 0.717) is 10.9 Å². The van der Waals surface area contributed by atoms with Gasteiger partial charge in [0, 0.05) is 11.0 Å². The van der Waals surface area contributed by atoms with Crippen LogP contribution < -0.4 is 5.56 Å². The molecule has 1 aromatic rings. The summed E-state index contributed by atoms with van der Waals surface area (Å²) >= 11 is 1.45. The van der Waals surface area contributed by atoms with Gasteiger partial charge < -0.3 is 0 Å². The molecular weight excluding hydrogens is 210 g/mol. The van der Waals surface area contributed by atoms with E-state index in [1.165, 1.54) is 17.8 Å². The lowest BCUT2D eigenvalue weighted by Crippen LogP contribution is -2.15. The van der Waals surface area contributed by atoms with Crippen LogP contribution >= 0.6 is 11.8 Å². The maximum absolute atomic E-state index is 11.2. The molecule has 0 aromatic carbocycles. The van der Waals surface area contributed by atoms with Crippen LogP contribution in [-0.4, -0.2) is 9.55 Å². The van der Waals surface area contributed by atoms with Gasteiger partial charge in [0.25, 0.3) is 5.56 Å². The topological polar surface area (TPSA) is 58.7 Å². The Kier molecular flexibility index (Phi) is 1.61. The van der Waals surface area contributed by atoms with Crippen LogP contribution in [0.15, 0.2) is 39.2 Å². The smallest absolute Gasteiger partial charge is 0.274 e.